The van der Waals surface area contributed by atoms with Crippen molar-refractivity contribution in [2.24, 2.45) is 0 Å². The zero-order valence-electron chi connectivity index (χ0n) is 20.2. The lowest BCUT2D eigenvalue weighted by molar-refractivity contribution is 0.0563. The lowest BCUT2D eigenvalue weighted by atomic mass is 9.76. The minimum atomic E-state index is -4.27. The lowest BCUT2D eigenvalue weighted by Crippen LogP contribution is -2.33. The summed E-state index contributed by atoms with van der Waals surface area (Å²) in [6, 6.07) is 13.5. The Morgan fingerprint density at radius 2 is 1.92 bits per heavy atom. The number of amides is 1. The fourth-order valence-corrected chi connectivity index (χ4v) is 6.03. The molecule has 1 aliphatic heterocycles. The number of sulfonamides is 1. The second-order valence-electron chi connectivity index (χ2n) is 9.00. The maximum atomic E-state index is 13.3. The number of aromatic nitrogens is 3. The number of nitrogens with zero attached hydrogens (tertiary/aromatic N) is 3. The number of methoxy groups -OCH3 is 1. The van der Waals surface area contributed by atoms with Gasteiger partial charge in [0.1, 0.15) is 16.3 Å². The fraction of sp³-hybridized carbons (Fsp3) is 0.280. The zero-order chi connectivity index (χ0) is 26.2. The van der Waals surface area contributed by atoms with E-state index in [1.165, 1.54) is 13.2 Å². The molecule has 1 aliphatic rings. The molecule has 0 unspecified atom stereocenters. The van der Waals surface area contributed by atoms with E-state index in [9.17, 15) is 13.2 Å². The highest BCUT2D eigenvalue weighted by atomic mass is 32.2. The van der Waals surface area contributed by atoms with Crippen molar-refractivity contribution >= 4 is 43.5 Å². The molecule has 0 spiro atoms. The van der Waals surface area contributed by atoms with Gasteiger partial charge < -0.3 is 15.2 Å². The molecule has 2 aromatic carbocycles. The average molecular weight is 540 g/mol. The van der Waals surface area contributed by atoms with Gasteiger partial charge in [-0.2, -0.15) is 9.36 Å². The van der Waals surface area contributed by atoms with Gasteiger partial charge in [0.15, 0.2) is 11.0 Å². The first kappa shape index (κ1) is 25.1. The van der Waals surface area contributed by atoms with Gasteiger partial charge in [0.05, 0.1) is 12.6 Å². The Hall–Kier alpha value is -3.61. The monoisotopic (exact) mass is 539 g/mol. The molecular weight excluding hydrogens is 514 g/mol. The van der Waals surface area contributed by atoms with Crippen LogP contribution in [0.5, 0.6) is 5.75 Å². The van der Waals surface area contributed by atoms with Crippen molar-refractivity contribution in [1.29, 1.82) is 0 Å². The summed E-state index contributed by atoms with van der Waals surface area (Å²) < 4.78 is 43.9. The van der Waals surface area contributed by atoms with Gasteiger partial charge in [-0.05, 0) is 54.2 Å². The van der Waals surface area contributed by atoms with E-state index in [2.05, 4.69) is 26.0 Å². The number of nitrogens with two attached hydrogens (primary N) is 1. The van der Waals surface area contributed by atoms with Gasteiger partial charge in [-0.3, -0.25) is 4.79 Å². The van der Waals surface area contributed by atoms with Gasteiger partial charge in [-0.25, -0.2) is 18.1 Å². The van der Waals surface area contributed by atoms with E-state index in [0.29, 0.717) is 40.6 Å². The number of carbonyl (C=O) groups is 1. The Morgan fingerprint density at radius 1 is 1.14 bits per heavy atom. The fourth-order valence-electron chi connectivity index (χ4n) is 4.42. The molecule has 37 heavy (non-hydrogen) atoms. The Bertz CT molecular complexity index is 1600. The van der Waals surface area contributed by atoms with Crippen LogP contribution in [0.25, 0.3) is 22.3 Å². The number of benzene rings is 2. The summed E-state index contributed by atoms with van der Waals surface area (Å²) in [5, 5.41) is 1.05. The molecule has 4 aromatic rings. The maximum absolute atomic E-state index is 13.3. The molecule has 1 amide bonds. The minimum absolute atomic E-state index is 0.0505. The molecule has 0 saturated carbocycles. The quantitative estimate of drug-likeness (QED) is 0.376. The smallest absolute Gasteiger partial charge is 0.283 e. The molecule has 0 radical (unpaired) electrons. The molecule has 3 N–H and O–H groups in total. The summed E-state index contributed by atoms with van der Waals surface area (Å²) in [7, 11) is -2.88. The number of nitrogen functional groups attached to an aromatic ring is 1. The van der Waals surface area contributed by atoms with Crippen LogP contribution in [0.1, 0.15) is 35.8 Å². The van der Waals surface area contributed by atoms with E-state index in [4.69, 9.17) is 15.2 Å². The summed E-state index contributed by atoms with van der Waals surface area (Å²) in [6.45, 7) is 3.28. The van der Waals surface area contributed by atoms with Crippen LogP contribution >= 0.6 is 11.5 Å². The van der Waals surface area contributed by atoms with Crippen molar-refractivity contribution in [3.63, 3.8) is 0 Å². The third-order valence-corrected chi connectivity index (χ3v) is 8.52. The molecule has 2 aromatic heterocycles. The first-order valence-corrected chi connectivity index (χ1v) is 13.8. The molecule has 0 atom stereocenters. The highest BCUT2D eigenvalue weighted by Gasteiger charge is 2.32. The minimum Gasteiger partial charge on any atom is -0.495 e. The Kier molecular flexibility index (Phi) is 6.56. The predicted octanol–water partition coefficient (Wildman–Crippen LogP) is 3.53. The second-order valence-corrected chi connectivity index (χ2v) is 11.4. The third kappa shape index (κ3) is 4.87. The molecule has 192 valence electrons. The number of hydrogen-bond donors (Lipinski definition) is 2. The molecule has 0 aliphatic carbocycles. The largest absolute Gasteiger partial charge is 0.495 e. The van der Waals surface area contributed by atoms with E-state index in [1.54, 1.807) is 30.3 Å². The molecule has 1 saturated heterocycles. The molecule has 0 bridgehead atoms. The first-order chi connectivity index (χ1) is 17.7. The molecular formula is C25H25N5O5S2. The number of nitrogens with one attached hydrogen (secondary N) is 1. The molecule has 5 rings (SSSR count). The number of rotatable bonds is 6. The van der Waals surface area contributed by atoms with Gasteiger partial charge in [0.25, 0.3) is 15.9 Å². The van der Waals surface area contributed by atoms with Crippen molar-refractivity contribution in [3.05, 3.63) is 59.8 Å². The van der Waals surface area contributed by atoms with E-state index < -0.39 is 15.9 Å². The average Bonchev–Trinajstić information content (AvgIpc) is 3.33. The molecule has 12 heteroatoms. The van der Waals surface area contributed by atoms with Crippen molar-refractivity contribution in [2.45, 2.75) is 30.1 Å². The SMILES string of the molecule is COc1ccc(C2(C)CCOCC2)cc1S(=O)(=O)NC(=O)c1ccc2c(-c3nsc(N)n3)cccc2n1. The number of carbonyl (C=O) groups excluding carboxylic acids is 1. The molecule has 1 fully saturated rings. The summed E-state index contributed by atoms with van der Waals surface area (Å²) in [4.78, 5) is 21.5. The number of pyridine rings is 1. The second kappa shape index (κ2) is 9.69. The van der Waals surface area contributed by atoms with E-state index in [1.807, 2.05) is 12.1 Å². The number of anilines is 1. The number of ether oxygens (including phenoxy) is 2. The normalized spacial score (nSPS) is 15.4. The van der Waals surface area contributed by atoms with Crippen LogP contribution in [0.3, 0.4) is 0 Å². The highest BCUT2D eigenvalue weighted by molar-refractivity contribution is 7.90. The van der Waals surface area contributed by atoms with Crippen LogP contribution in [0, 0.1) is 0 Å². The Balaban J connectivity index is 1.45. The van der Waals surface area contributed by atoms with Gasteiger partial charge >= 0.3 is 0 Å². The van der Waals surface area contributed by atoms with Crippen molar-refractivity contribution in [1.82, 2.24) is 19.1 Å². The van der Waals surface area contributed by atoms with E-state index in [0.717, 1.165) is 29.9 Å². The Labute approximate surface area is 218 Å². The third-order valence-electron chi connectivity index (χ3n) is 6.62. The number of fused-ring (bicyclic) bond motifs is 1. The molecule has 10 nitrogen and oxygen atoms in total. The highest BCUT2D eigenvalue weighted by Crippen LogP contribution is 2.37. The Morgan fingerprint density at radius 3 is 2.62 bits per heavy atom. The van der Waals surface area contributed by atoms with Gasteiger partial charge in [0.2, 0.25) is 0 Å². The van der Waals surface area contributed by atoms with Crippen LogP contribution < -0.4 is 15.2 Å². The zero-order valence-corrected chi connectivity index (χ0v) is 21.9. The van der Waals surface area contributed by atoms with Crippen molar-refractivity contribution in [2.75, 3.05) is 26.1 Å². The summed E-state index contributed by atoms with van der Waals surface area (Å²) in [5.41, 5.74) is 7.46. The van der Waals surface area contributed by atoms with Gasteiger partial charge in [0, 0.05) is 35.7 Å². The van der Waals surface area contributed by atoms with Gasteiger partial charge in [-0.1, -0.05) is 25.1 Å². The topological polar surface area (TPSA) is 146 Å². The van der Waals surface area contributed by atoms with Crippen LogP contribution in [-0.4, -0.2) is 49.0 Å². The van der Waals surface area contributed by atoms with Crippen molar-refractivity contribution in [3.8, 4) is 17.1 Å². The maximum Gasteiger partial charge on any atom is 0.283 e. The first-order valence-electron chi connectivity index (χ1n) is 11.5. The summed E-state index contributed by atoms with van der Waals surface area (Å²) >= 11 is 1.08. The predicted molar refractivity (Wildman–Crippen MR) is 140 cm³/mol. The standard InChI is InChI=1S/C25H25N5O5S2/c1-25(10-12-35-13-11-25)15-6-9-20(34-2)21(14-15)37(32,33)30-23(31)19-8-7-16-17(4-3-5-18(16)27-19)22-28-24(26)36-29-22/h3-9,14H,10-13H2,1-2H3,(H,30,31)(H2,26,28,29). The van der Waals surface area contributed by atoms with Crippen LogP contribution in [0.4, 0.5) is 5.13 Å². The van der Waals surface area contributed by atoms with Crippen LogP contribution in [-0.2, 0) is 20.2 Å². The summed E-state index contributed by atoms with van der Waals surface area (Å²) in [6.07, 6.45) is 1.52. The van der Waals surface area contributed by atoms with Crippen LogP contribution in [0.2, 0.25) is 0 Å². The lowest BCUT2D eigenvalue weighted by Gasteiger charge is -2.34. The summed E-state index contributed by atoms with van der Waals surface area (Å²) in [5.74, 6) is -0.251. The van der Waals surface area contributed by atoms with Crippen molar-refractivity contribution < 1.29 is 22.7 Å². The van der Waals surface area contributed by atoms with Crippen LogP contribution in [0.15, 0.2) is 53.4 Å². The van der Waals surface area contributed by atoms with E-state index >= 15 is 0 Å². The number of hydrogen-bond acceptors (Lipinski definition) is 10. The van der Waals surface area contributed by atoms with E-state index in [-0.39, 0.29) is 21.8 Å². The van der Waals surface area contributed by atoms with Gasteiger partial charge in [-0.15, -0.1) is 0 Å². The molecule has 3 heterocycles.